The molecule has 32 heavy (non-hydrogen) atoms. The quantitative estimate of drug-likeness (QED) is 0.637. The van der Waals surface area contributed by atoms with E-state index in [-0.39, 0.29) is 17.4 Å². The molecule has 3 heterocycles. The van der Waals surface area contributed by atoms with Gasteiger partial charge in [0.2, 0.25) is 5.91 Å². The smallest absolute Gasteiger partial charge is 0.220 e. The van der Waals surface area contributed by atoms with Crippen molar-refractivity contribution in [3.8, 4) is 5.75 Å². The first-order valence-electron chi connectivity index (χ1n) is 11.4. The van der Waals surface area contributed by atoms with Crippen molar-refractivity contribution in [2.75, 3.05) is 13.1 Å². The fourth-order valence-corrected chi connectivity index (χ4v) is 5.24. The Hall–Kier alpha value is -3.18. The molecule has 2 atom stereocenters. The highest BCUT2D eigenvalue weighted by molar-refractivity contribution is 5.78. The molecule has 2 aromatic carbocycles. The van der Waals surface area contributed by atoms with Gasteiger partial charge in [-0.15, -0.1) is 0 Å². The molecule has 5 nitrogen and oxygen atoms in total. The average Bonchev–Trinajstić information content (AvgIpc) is 3.16. The highest BCUT2D eigenvalue weighted by atomic mass is 16.5. The maximum Gasteiger partial charge on any atom is 0.220 e. The van der Waals surface area contributed by atoms with E-state index >= 15 is 0 Å². The van der Waals surface area contributed by atoms with E-state index in [1.807, 2.05) is 30.3 Å². The van der Waals surface area contributed by atoms with Crippen molar-refractivity contribution in [2.24, 2.45) is 0 Å². The topological polar surface area (TPSA) is 54.5 Å². The second-order valence-electron chi connectivity index (χ2n) is 8.91. The van der Waals surface area contributed by atoms with E-state index in [1.54, 1.807) is 6.20 Å². The first-order valence-corrected chi connectivity index (χ1v) is 11.4. The van der Waals surface area contributed by atoms with Crippen molar-refractivity contribution in [3.63, 3.8) is 0 Å². The molecule has 0 unspecified atom stereocenters. The van der Waals surface area contributed by atoms with E-state index in [0.29, 0.717) is 13.0 Å². The van der Waals surface area contributed by atoms with Crippen molar-refractivity contribution in [2.45, 2.75) is 43.9 Å². The number of carbonyl (C=O) groups excluding carboxylic acids is 1. The van der Waals surface area contributed by atoms with E-state index in [1.165, 1.54) is 5.56 Å². The molecule has 5 heteroatoms. The van der Waals surface area contributed by atoms with Gasteiger partial charge in [-0.2, -0.15) is 0 Å². The normalized spacial score (nSPS) is 23.2. The second-order valence-corrected chi connectivity index (χ2v) is 8.91. The zero-order valence-corrected chi connectivity index (χ0v) is 18.2. The van der Waals surface area contributed by atoms with Gasteiger partial charge >= 0.3 is 0 Å². The number of carbonyl (C=O) groups is 1. The van der Waals surface area contributed by atoms with Crippen LogP contribution in [0.4, 0.5) is 0 Å². The minimum Gasteiger partial charge on any atom is -0.487 e. The van der Waals surface area contributed by atoms with E-state index in [2.05, 4.69) is 57.7 Å². The Kier molecular flexibility index (Phi) is 5.91. The molecule has 2 saturated heterocycles. The Morgan fingerprint density at radius 2 is 1.84 bits per heavy atom. The monoisotopic (exact) mass is 427 g/mol. The second kappa shape index (κ2) is 9.13. The minimum atomic E-state index is -0.194. The van der Waals surface area contributed by atoms with E-state index in [0.717, 1.165) is 49.5 Å². The Labute approximate surface area is 189 Å². The Morgan fingerprint density at radius 3 is 2.66 bits per heavy atom. The Morgan fingerprint density at radius 1 is 1.03 bits per heavy atom. The lowest BCUT2D eigenvalue weighted by atomic mass is 9.76. The van der Waals surface area contributed by atoms with Crippen LogP contribution >= 0.6 is 0 Å². The van der Waals surface area contributed by atoms with E-state index < -0.39 is 0 Å². The standard InChI is InChI=1S/C27H29N3O2/c31-26-14-8-15-27(29-26)20-30(18-24(27)21-9-2-1-3-10-21)17-22-11-4-5-13-25(22)32-19-23-12-6-7-16-28-23/h1-7,9-13,16,24H,8,14-15,17-20H2,(H,29,31)/t24-,27+/m0/s1. The van der Waals surface area contributed by atoms with Gasteiger partial charge in [0.15, 0.2) is 0 Å². The van der Waals surface area contributed by atoms with Crippen molar-refractivity contribution in [3.05, 3.63) is 95.8 Å². The number of hydrogen-bond donors (Lipinski definition) is 1. The highest BCUT2D eigenvalue weighted by Crippen LogP contribution is 2.42. The maximum atomic E-state index is 12.4. The number of benzene rings is 2. The number of aromatic nitrogens is 1. The first kappa shape index (κ1) is 20.7. The van der Waals surface area contributed by atoms with Gasteiger partial charge in [0.05, 0.1) is 11.2 Å². The number of pyridine rings is 1. The summed E-state index contributed by atoms with van der Waals surface area (Å²) in [7, 11) is 0. The zero-order chi connectivity index (χ0) is 21.8. The number of nitrogens with zero attached hydrogens (tertiary/aromatic N) is 2. The number of ether oxygens (including phenoxy) is 1. The van der Waals surface area contributed by atoms with Crippen LogP contribution in [-0.4, -0.2) is 34.4 Å². The molecule has 164 valence electrons. The fourth-order valence-electron chi connectivity index (χ4n) is 5.24. The zero-order valence-electron chi connectivity index (χ0n) is 18.2. The Balaban J connectivity index is 1.35. The molecule has 0 bridgehead atoms. The molecule has 1 spiro atoms. The molecule has 5 rings (SSSR count). The summed E-state index contributed by atoms with van der Waals surface area (Å²) in [6.07, 6.45) is 4.39. The molecule has 1 N–H and O–H groups in total. The molecular formula is C27H29N3O2. The van der Waals surface area contributed by atoms with Crippen LogP contribution in [-0.2, 0) is 17.9 Å². The summed E-state index contributed by atoms with van der Waals surface area (Å²) in [5.74, 6) is 1.36. The fraction of sp³-hybridized carbons (Fsp3) is 0.333. The molecule has 1 amide bonds. The van der Waals surface area contributed by atoms with Gasteiger partial charge in [-0.05, 0) is 36.6 Å². The van der Waals surface area contributed by atoms with Crippen LogP contribution in [0.25, 0.3) is 0 Å². The van der Waals surface area contributed by atoms with Gasteiger partial charge in [-0.25, -0.2) is 0 Å². The van der Waals surface area contributed by atoms with Crippen LogP contribution in [0.3, 0.4) is 0 Å². The summed E-state index contributed by atoms with van der Waals surface area (Å²) in [5, 5.41) is 3.40. The summed E-state index contributed by atoms with van der Waals surface area (Å²) in [6.45, 7) is 3.01. The highest BCUT2D eigenvalue weighted by Gasteiger charge is 2.49. The summed E-state index contributed by atoms with van der Waals surface area (Å²) >= 11 is 0. The molecule has 0 aliphatic carbocycles. The lowest BCUT2D eigenvalue weighted by Crippen LogP contribution is -2.56. The summed E-state index contributed by atoms with van der Waals surface area (Å²) < 4.78 is 6.14. The van der Waals surface area contributed by atoms with Crippen LogP contribution < -0.4 is 10.1 Å². The van der Waals surface area contributed by atoms with Gasteiger partial charge in [-0.1, -0.05) is 54.6 Å². The summed E-state index contributed by atoms with van der Waals surface area (Å²) in [6, 6.07) is 24.7. The number of rotatable bonds is 6. The van der Waals surface area contributed by atoms with Crippen LogP contribution in [0.15, 0.2) is 79.0 Å². The van der Waals surface area contributed by atoms with Crippen LogP contribution in [0.2, 0.25) is 0 Å². The third-order valence-corrected chi connectivity index (χ3v) is 6.70. The molecular weight excluding hydrogens is 398 g/mol. The molecule has 0 saturated carbocycles. The number of likely N-dealkylation sites (tertiary alicyclic amines) is 1. The molecule has 3 aromatic rings. The third kappa shape index (κ3) is 4.39. The molecule has 0 radical (unpaired) electrons. The predicted octanol–water partition coefficient (Wildman–Crippen LogP) is 4.30. The van der Waals surface area contributed by atoms with Gasteiger partial charge in [0.1, 0.15) is 12.4 Å². The first-order chi connectivity index (χ1) is 15.7. The van der Waals surface area contributed by atoms with Crippen LogP contribution in [0.1, 0.15) is 42.0 Å². The van der Waals surface area contributed by atoms with Crippen molar-refractivity contribution >= 4 is 5.91 Å². The average molecular weight is 428 g/mol. The largest absolute Gasteiger partial charge is 0.487 e. The van der Waals surface area contributed by atoms with Crippen LogP contribution in [0.5, 0.6) is 5.75 Å². The van der Waals surface area contributed by atoms with E-state index in [4.69, 9.17) is 4.74 Å². The number of para-hydroxylation sites is 1. The SMILES string of the molecule is O=C1CCC[C@]2(CN(Cc3ccccc3OCc3ccccn3)C[C@H]2c2ccccc2)N1. The lowest BCUT2D eigenvalue weighted by molar-refractivity contribution is -0.125. The third-order valence-electron chi connectivity index (χ3n) is 6.70. The number of amides is 1. The number of nitrogens with one attached hydrogen (secondary N) is 1. The number of hydrogen-bond acceptors (Lipinski definition) is 4. The molecule has 2 aliphatic rings. The lowest BCUT2D eigenvalue weighted by Gasteiger charge is -2.39. The van der Waals surface area contributed by atoms with Gasteiger partial charge in [0, 0.05) is 43.7 Å². The summed E-state index contributed by atoms with van der Waals surface area (Å²) in [4.78, 5) is 19.2. The Bertz CT molecular complexity index is 1060. The number of piperidine rings is 1. The van der Waals surface area contributed by atoms with Crippen molar-refractivity contribution in [1.29, 1.82) is 0 Å². The van der Waals surface area contributed by atoms with Gasteiger partial charge < -0.3 is 10.1 Å². The summed E-state index contributed by atoms with van der Waals surface area (Å²) in [5.41, 5.74) is 3.18. The van der Waals surface area contributed by atoms with Crippen molar-refractivity contribution < 1.29 is 9.53 Å². The van der Waals surface area contributed by atoms with Crippen LogP contribution in [0, 0.1) is 0 Å². The maximum absolute atomic E-state index is 12.4. The van der Waals surface area contributed by atoms with Gasteiger partial charge in [-0.3, -0.25) is 14.7 Å². The van der Waals surface area contributed by atoms with E-state index in [9.17, 15) is 4.79 Å². The van der Waals surface area contributed by atoms with Crippen molar-refractivity contribution in [1.82, 2.24) is 15.2 Å². The molecule has 2 fully saturated rings. The minimum absolute atomic E-state index is 0.179. The molecule has 1 aromatic heterocycles. The van der Waals surface area contributed by atoms with Gasteiger partial charge in [0.25, 0.3) is 0 Å². The molecule has 2 aliphatic heterocycles. The predicted molar refractivity (Wildman–Crippen MR) is 124 cm³/mol.